The summed E-state index contributed by atoms with van der Waals surface area (Å²) in [7, 11) is 0. The number of benzene rings is 1. The molecule has 2 saturated heterocycles. The van der Waals surface area contributed by atoms with E-state index in [1.54, 1.807) is 12.1 Å². The first-order chi connectivity index (χ1) is 11.1. The lowest BCUT2D eigenvalue weighted by Gasteiger charge is -2.40. The van der Waals surface area contributed by atoms with E-state index in [4.69, 9.17) is 0 Å². The molecular formula is C16H20FN3O2S. The maximum Gasteiger partial charge on any atom is 0.238 e. The average molecular weight is 337 g/mol. The van der Waals surface area contributed by atoms with Crippen LogP contribution in [0.5, 0.6) is 0 Å². The van der Waals surface area contributed by atoms with Gasteiger partial charge in [0.05, 0.1) is 18.2 Å². The summed E-state index contributed by atoms with van der Waals surface area (Å²) in [5, 5.41) is 2.56. The third kappa shape index (κ3) is 4.03. The summed E-state index contributed by atoms with van der Waals surface area (Å²) in [5.41, 5.74) is 0.191. The summed E-state index contributed by atoms with van der Waals surface area (Å²) in [6.07, 6.45) is 0. The molecule has 2 aliphatic heterocycles. The number of thioether (sulfide) groups is 1. The first kappa shape index (κ1) is 16.3. The van der Waals surface area contributed by atoms with Crippen LogP contribution in [0.4, 0.5) is 10.1 Å². The highest BCUT2D eigenvalue weighted by Crippen LogP contribution is 2.20. The number of nitrogens with zero attached hydrogens (tertiary/aromatic N) is 2. The van der Waals surface area contributed by atoms with E-state index in [-0.39, 0.29) is 30.0 Å². The highest BCUT2D eigenvalue weighted by Gasteiger charge is 2.36. The first-order valence-corrected chi connectivity index (χ1v) is 8.92. The summed E-state index contributed by atoms with van der Waals surface area (Å²) in [4.78, 5) is 28.1. The number of para-hydroxylation sites is 1. The Morgan fingerprint density at radius 3 is 2.61 bits per heavy atom. The van der Waals surface area contributed by atoms with Crippen molar-refractivity contribution in [3.63, 3.8) is 0 Å². The minimum Gasteiger partial charge on any atom is -0.341 e. The topological polar surface area (TPSA) is 52.7 Å². The van der Waals surface area contributed by atoms with Crippen molar-refractivity contribution in [1.82, 2.24) is 9.80 Å². The molecule has 1 aromatic rings. The molecule has 1 N–H and O–H groups in total. The van der Waals surface area contributed by atoms with Crippen LogP contribution in [0, 0.1) is 11.7 Å². The number of amides is 2. The fraction of sp³-hybridized carbons (Fsp3) is 0.500. The predicted octanol–water partition coefficient (Wildman–Crippen LogP) is 1.27. The van der Waals surface area contributed by atoms with Crippen molar-refractivity contribution in [3.8, 4) is 0 Å². The zero-order valence-electron chi connectivity index (χ0n) is 12.8. The van der Waals surface area contributed by atoms with Crippen LogP contribution in [0.1, 0.15) is 0 Å². The standard InChI is InChI=1S/C16H20FN3O2S/c17-13-3-1-2-4-14(13)18-15(21)11-19-9-12(10-19)16(22)20-5-7-23-8-6-20/h1-4,12H,5-11H2,(H,18,21). The number of halogens is 1. The van der Waals surface area contributed by atoms with Gasteiger partial charge in [-0.05, 0) is 12.1 Å². The number of hydrogen-bond donors (Lipinski definition) is 1. The molecule has 23 heavy (non-hydrogen) atoms. The fourth-order valence-corrected chi connectivity index (χ4v) is 3.76. The molecule has 0 atom stereocenters. The third-order valence-corrected chi connectivity index (χ3v) is 5.09. The molecule has 124 valence electrons. The molecule has 0 saturated carbocycles. The van der Waals surface area contributed by atoms with Crippen LogP contribution in [0.3, 0.4) is 0 Å². The zero-order chi connectivity index (χ0) is 16.2. The Kier molecular flexibility index (Phi) is 5.17. The van der Waals surface area contributed by atoms with E-state index in [1.165, 1.54) is 12.1 Å². The first-order valence-electron chi connectivity index (χ1n) is 7.77. The van der Waals surface area contributed by atoms with Crippen molar-refractivity contribution in [2.45, 2.75) is 0 Å². The second-order valence-electron chi connectivity index (χ2n) is 5.86. The maximum absolute atomic E-state index is 13.5. The molecule has 0 spiro atoms. The second-order valence-corrected chi connectivity index (χ2v) is 7.08. The SMILES string of the molecule is O=C(CN1CC(C(=O)N2CCSCC2)C1)Nc1ccccc1F. The number of nitrogens with one attached hydrogen (secondary N) is 1. The Balaban J connectivity index is 1.42. The third-order valence-electron chi connectivity index (χ3n) is 4.14. The second kappa shape index (κ2) is 7.31. The van der Waals surface area contributed by atoms with Gasteiger partial charge in [0.2, 0.25) is 11.8 Å². The van der Waals surface area contributed by atoms with Gasteiger partial charge in [-0.1, -0.05) is 12.1 Å². The van der Waals surface area contributed by atoms with Crippen LogP contribution in [-0.2, 0) is 9.59 Å². The predicted molar refractivity (Wildman–Crippen MR) is 88.9 cm³/mol. The Bertz CT molecular complexity index is 586. The molecule has 0 aromatic heterocycles. The maximum atomic E-state index is 13.5. The molecule has 2 heterocycles. The van der Waals surface area contributed by atoms with Crippen molar-refractivity contribution in [2.24, 2.45) is 5.92 Å². The molecule has 2 aliphatic rings. The summed E-state index contributed by atoms with van der Waals surface area (Å²) >= 11 is 1.88. The van der Waals surface area contributed by atoms with Crippen LogP contribution >= 0.6 is 11.8 Å². The van der Waals surface area contributed by atoms with E-state index in [0.29, 0.717) is 13.1 Å². The van der Waals surface area contributed by atoms with E-state index >= 15 is 0 Å². The number of likely N-dealkylation sites (tertiary alicyclic amines) is 1. The lowest BCUT2D eigenvalue weighted by atomic mass is 9.98. The van der Waals surface area contributed by atoms with Crippen molar-refractivity contribution in [2.75, 3.05) is 49.5 Å². The molecule has 1 aromatic carbocycles. The van der Waals surface area contributed by atoms with Crippen LogP contribution in [0.25, 0.3) is 0 Å². The summed E-state index contributed by atoms with van der Waals surface area (Å²) in [6, 6.07) is 6.10. The van der Waals surface area contributed by atoms with E-state index in [0.717, 1.165) is 24.6 Å². The van der Waals surface area contributed by atoms with E-state index in [2.05, 4.69) is 5.32 Å². The number of rotatable bonds is 4. The Morgan fingerprint density at radius 1 is 1.22 bits per heavy atom. The molecule has 0 bridgehead atoms. The van der Waals surface area contributed by atoms with Crippen molar-refractivity contribution in [3.05, 3.63) is 30.1 Å². The van der Waals surface area contributed by atoms with Crippen LogP contribution in [0.2, 0.25) is 0 Å². The number of carbonyl (C=O) groups is 2. The van der Waals surface area contributed by atoms with Crippen LogP contribution in [-0.4, -0.2) is 65.8 Å². The number of hydrogen-bond acceptors (Lipinski definition) is 4. The summed E-state index contributed by atoms with van der Waals surface area (Å²) in [6.45, 7) is 3.05. The summed E-state index contributed by atoms with van der Waals surface area (Å²) < 4.78 is 13.5. The normalized spacial score (nSPS) is 19.3. The lowest BCUT2D eigenvalue weighted by molar-refractivity contribution is -0.141. The van der Waals surface area contributed by atoms with Gasteiger partial charge >= 0.3 is 0 Å². The van der Waals surface area contributed by atoms with Gasteiger partial charge in [0, 0.05) is 37.7 Å². The van der Waals surface area contributed by atoms with Gasteiger partial charge in [-0.3, -0.25) is 14.5 Å². The Labute approximate surface area is 139 Å². The minimum atomic E-state index is -0.444. The van der Waals surface area contributed by atoms with E-state index in [1.807, 2.05) is 21.6 Å². The molecular weight excluding hydrogens is 317 g/mol. The zero-order valence-corrected chi connectivity index (χ0v) is 13.7. The van der Waals surface area contributed by atoms with E-state index in [9.17, 15) is 14.0 Å². The Morgan fingerprint density at radius 2 is 1.91 bits per heavy atom. The smallest absolute Gasteiger partial charge is 0.238 e. The average Bonchev–Trinajstić information content (AvgIpc) is 2.53. The number of anilines is 1. The highest BCUT2D eigenvalue weighted by atomic mass is 32.2. The molecule has 7 heteroatoms. The van der Waals surface area contributed by atoms with Gasteiger partial charge in [-0.25, -0.2) is 4.39 Å². The monoisotopic (exact) mass is 337 g/mol. The minimum absolute atomic E-state index is 0.000591. The fourth-order valence-electron chi connectivity index (χ4n) is 2.85. The van der Waals surface area contributed by atoms with Gasteiger partial charge in [0.15, 0.2) is 0 Å². The quantitative estimate of drug-likeness (QED) is 0.899. The van der Waals surface area contributed by atoms with Crippen molar-refractivity contribution >= 4 is 29.3 Å². The van der Waals surface area contributed by atoms with Crippen LogP contribution < -0.4 is 5.32 Å². The van der Waals surface area contributed by atoms with Crippen molar-refractivity contribution < 1.29 is 14.0 Å². The molecule has 2 fully saturated rings. The largest absolute Gasteiger partial charge is 0.341 e. The lowest BCUT2D eigenvalue weighted by Crippen LogP contribution is -2.57. The molecule has 0 aliphatic carbocycles. The van der Waals surface area contributed by atoms with Crippen molar-refractivity contribution in [1.29, 1.82) is 0 Å². The molecule has 3 rings (SSSR count). The highest BCUT2D eigenvalue weighted by molar-refractivity contribution is 7.99. The van der Waals surface area contributed by atoms with E-state index < -0.39 is 5.82 Å². The molecule has 0 unspecified atom stereocenters. The van der Waals surface area contributed by atoms with Gasteiger partial charge < -0.3 is 10.2 Å². The number of carbonyl (C=O) groups excluding carboxylic acids is 2. The van der Waals surface area contributed by atoms with Gasteiger partial charge in [-0.15, -0.1) is 0 Å². The molecule has 2 amide bonds. The van der Waals surface area contributed by atoms with Gasteiger partial charge in [0.25, 0.3) is 0 Å². The molecule has 0 radical (unpaired) electrons. The molecule has 5 nitrogen and oxygen atoms in total. The van der Waals surface area contributed by atoms with Gasteiger partial charge in [0.1, 0.15) is 5.82 Å². The summed E-state index contributed by atoms with van der Waals surface area (Å²) in [5.74, 6) is 1.52. The van der Waals surface area contributed by atoms with Gasteiger partial charge in [-0.2, -0.15) is 11.8 Å². The van der Waals surface area contributed by atoms with Crippen LogP contribution in [0.15, 0.2) is 24.3 Å². The Hall–Kier alpha value is -1.60.